The summed E-state index contributed by atoms with van der Waals surface area (Å²) in [5.74, 6) is -1.97. The second-order valence-corrected chi connectivity index (χ2v) is 7.60. The number of carbonyl (C=O) groups is 3. The normalized spacial score (nSPS) is 14.5. The highest BCUT2D eigenvalue weighted by atomic mass is 35.5. The van der Waals surface area contributed by atoms with Crippen molar-refractivity contribution >= 4 is 41.0 Å². The third-order valence-corrected chi connectivity index (χ3v) is 5.39. The molecule has 1 aliphatic rings. The van der Waals surface area contributed by atoms with Gasteiger partial charge in [-0.1, -0.05) is 17.7 Å². The van der Waals surface area contributed by atoms with Crippen LogP contribution in [0.5, 0.6) is 0 Å². The van der Waals surface area contributed by atoms with Crippen LogP contribution in [0.1, 0.15) is 31.8 Å². The lowest BCUT2D eigenvalue weighted by Crippen LogP contribution is -2.37. The second-order valence-electron chi connectivity index (χ2n) is 7.19. The maximum absolute atomic E-state index is 13.4. The van der Waals surface area contributed by atoms with E-state index < -0.39 is 17.5 Å². The van der Waals surface area contributed by atoms with Gasteiger partial charge in [-0.05, 0) is 59.7 Å². The van der Waals surface area contributed by atoms with E-state index in [1.54, 1.807) is 43.7 Å². The SMILES string of the molecule is CN1C(=O)C(=Cc2ccc(F)c(Cl)c2)C(=O)c2cc(C(=O)NCc3ccncc3)ccc21. The van der Waals surface area contributed by atoms with Crippen LogP contribution in [0.2, 0.25) is 5.02 Å². The molecule has 32 heavy (non-hydrogen) atoms. The Morgan fingerprint density at radius 3 is 2.59 bits per heavy atom. The number of likely N-dealkylation sites (N-methyl/N-ethyl adjacent to an activating group) is 1. The van der Waals surface area contributed by atoms with Gasteiger partial charge in [-0.3, -0.25) is 19.4 Å². The smallest absolute Gasteiger partial charge is 0.262 e. The van der Waals surface area contributed by atoms with Crippen molar-refractivity contribution in [1.82, 2.24) is 10.3 Å². The van der Waals surface area contributed by atoms with Gasteiger partial charge in [0, 0.05) is 37.1 Å². The van der Waals surface area contributed by atoms with Crippen LogP contribution in [-0.4, -0.2) is 29.6 Å². The van der Waals surface area contributed by atoms with Crippen LogP contribution in [0.3, 0.4) is 0 Å². The third-order valence-electron chi connectivity index (χ3n) is 5.10. The maximum Gasteiger partial charge on any atom is 0.262 e. The molecule has 0 bridgehead atoms. The molecule has 2 aromatic carbocycles. The molecule has 0 saturated carbocycles. The average molecular weight is 450 g/mol. The Bertz CT molecular complexity index is 1270. The number of anilines is 1. The molecule has 6 nitrogen and oxygen atoms in total. The van der Waals surface area contributed by atoms with Crippen molar-refractivity contribution < 1.29 is 18.8 Å². The highest BCUT2D eigenvalue weighted by Gasteiger charge is 2.33. The molecule has 3 aromatic rings. The number of benzene rings is 2. The van der Waals surface area contributed by atoms with Gasteiger partial charge in [0.15, 0.2) is 0 Å². The molecular formula is C24H17ClFN3O3. The van der Waals surface area contributed by atoms with E-state index >= 15 is 0 Å². The van der Waals surface area contributed by atoms with Crippen molar-refractivity contribution in [3.63, 3.8) is 0 Å². The Balaban J connectivity index is 1.64. The van der Waals surface area contributed by atoms with E-state index in [0.29, 0.717) is 17.8 Å². The number of rotatable bonds is 4. The van der Waals surface area contributed by atoms with E-state index in [1.165, 1.54) is 29.2 Å². The van der Waals surface area contributed by atoms with Gasteiger partial charge in [0.05, 0.1) is 16.3 Å². The van der Waals surface area contributed by atoms with Crippen molar-refractivity contribution in [1.29, 1.82) is 0 Å². The van der Waals surface area contributed by atoms with Crippen molar-refractivity contribution in [2.24, 2.45) is 0 Å². The molecule has 0 saturated heterocycles. The lowest BCUT2D eigenvalue weighted by molar-refractivity contribution is -0.114. The molecule has 8 heteroatoms. The summed E-state index contributed by atoms with van der Waals surface area (Å²) in [7, 11) is 1.54. The van der Waals surface area contributed by atoms with Crippen molar-refractivity contribution in [3.05, 3.63) is 99.6 Å². The first-order valence-corrected chi connectivity index (χ1v) is 10.0. The predicted molar refractivity (Wildman–Crippen MR) is 119 cm³/mol. The fraction of sp³-hybridized carbons (Fsp3) is 0.0833. The van der Waals surface area contributed by atoms with Gasteiger partial charge in [-0.2, -0.15) is 0 Å². The molecular weight excluding hydrogens is 433 g/mol. The predicted octanol–water partition coefficient (Wildman–Crippen LogP) is 4.05. The number of hydrogen-bond donors (Lipinski definition) is 1. The monoisotopic (exact) mass is 449 g/mol. The number of nitrogens with zero attached hydrogens (tertiary/aromatic N) is 2. The van der Waals surface area contributed by atoms with E-state index in [4.69, 9.17) is 11.6 Å². The van der Waals surface area contributed by atoms with Gasteiger partial charge in [0.2, 0.25) is 5.78 Å². The summed E-state index contributed by atoms with van der Waals surface area (Å²) in [5, 5.41) is 2.68. The zero-order valence-corrected chi connectivity index (χ0v) is 17.7. The van der Waals surface area contributed by atoms with Gasteiger partial charge < -0.3 is 10.2 Å². The van der Waals surface area contributed by atoms with Crippen molar-refractivity contribution in [2.45, 2.75) is 6.54 Å². The second kappa shape index (κ2) is 8.72. The summed E-state index contributed by atoms with van der Waals surface area (Å²) in [5.41, 5.74) is 2.12. The summed E-state index contributed by atoms with van der Waals surface area (Å²) in [4.78, 5) is 43.8. The highest BCUT2D eigenvalue weighted by molar-refractivity contribution is 6.37. The Labute approximate surface area is 188 Å². The number of aromatic nitrogens is 1. The van der Waals surface area contributed by atoms with Crippen LogP contribution in [0, 0.1) is 5.82 Å². The Kier molecular flexibility index (Phi) is 5.83. The molecule has 0 aliphatic carbocycles. The molecule has 0 radical (unpaired) electrons. The molecule has 0 spiro atoms. The maximum atomic E-state index is 13.4. The Hall–Kier alpha value is -3.84. The zero-order chi connectivity index (χ0) is 22.8. The number of pyridine rings is 1. The molecule has 2 heterocycles. The minimum Gasteiger partial charge on any atom is -0.348 e. The first-order valence-electron chi connectivity index (χ1n) is 9.66. The van der Waals surface area contributed by atoms with E-state index in [9.17, 15) is 18.8 Å². The number of nitrogens with one attached hydrogen (secondary N) is 1. The molecule has 0 unspecified atom stereocenters. The van der Waals surface area contributed by atoms with Crippen LogP contribution in [0.4, 0.5) is 10.1 Å². The highest BCUT2D eigenvalue weighted by Crippen LogP contribution is 2.31. The minimum absolute atomic E-state index is 0.1000. The van der Waals surface area contributed by atoms with Crippen molar-refractivity contribution in [3.8, 4) is 0 Å². The molecule has 4 rings (SSSR count). The standard InChI is InChI=1S/C24H17ClFN3O3/c1-29-21-5-3-16(23(31)28-13-14-6-8-27-9-7-14)12-17(21)22(30)18(24(29)32)10-15-2-4-20(26)19(25)11-15/h2-12H,13H2,1H3,(H,28,31). The van der Waals surface area contributed by atoms with Gasteiger partial charge >= 0.3 is 0 Å². The number of halogens is 2. The quantitative estimate of drug-likeness (QED) is 0.481. The molecule has 0 fully saturated rings. The Morgan fingerprint density at radius 1 is 1.12 bits per heavy atom. The van der Waals surface area contributed by atoms with Crippen LogP contribution < -0.4 is 10.2 Å². The number of ketones is 1. The number of hydrogen-bond acceptors (Lipinski definition) is 4. The van der Waals surface area contributed by atoms with Gasteiger partial charge in [-0.25, -0.2) is 4.39 Å². The lowest BCUT2D eigenvalue weighted by Gasteiger charge is -2.27. The number of amides is 2. The number of carbonyl (C=O) groups excluding carboxylic acids is 3. The molecule has 0 atom stereocenters. The summed E-state index contributed by atoms with van der Waals surface area (Å²) in [6.45, 7) is 0.307. The third kappa shape index (κ3) is 4.15. The average Bonchev–Trinajstić information content (AvgIpc) is 2.81. The molecule has 1 aromatic heterocycles. The van der Waals surface area contributed by atoms with Crippen LogP contribution in [0.15, 0.2) is 66.5 Å². The molecule has 2 amide bonds. The largest absolute Gasteiger partial charge is 0.348 e. The Morgan fingerprint density at radius 2 is 1.88 bits per heavy atom. The lowest BCUT2D eigenvalue weighted by atomic mass is 9.92. The van der Waals surface area contributed by atoms with Gasteiger partial charge in [0.1, 0.15) is 5.82 Å². The van der Waals surface area contributed by atoms with E-state index in [-0.39, 0.29) is 27.6 Å². The number of Topliss-reactive ketones (excluding diaryl/α,β-unsaturated/α-hetero) is 1. The zero-order valence-electron chi connectivity index (χ0n) is 16.9. The number of fused-ring (bicyclic) bond motifs is 1. The summed E-state index contributed by atoms with van der Waals surface area (Å²) < 4.78 is 13.4. The fourth-order valence-corrected chi connectivity index (χ4v) is 3.55. The minimum atomic E-state index is -0.597. The topological polar surface area (TPSA) is 79.4 Å². The van der Waals surface area contributed by atoms with Gasteiger partial charge in [0.25, 0.3) is 11.8 Å². The summed E-state index contributed by atoms with van der Waals surface area (Å²) in [6.07, 6.45) is 4.63. The van der Waals surface area contributed by atoms with E-state index in [0.717, 1.165) is 11.6 Å². The van der Waals surface area contributed by atoms with Crippen LogP contribution in [-0.2, 0) is 11.3 Å². The first kappa shape index (κ1) is 21.4. The van der Waals surface area contributed by atoms with E-state index in [1.807, 2.05) is 0 Å². The van der Waals surface area contributed by atoms with Gasteiger partial charge in [-0.15, -0.1) is 0 Å². The summed E-state index contributed by atoms with van der Waals surface area (Å²) >= 11 is 5.81. The molecule has 1 aliphatic heterocycles. The summed E-state index contributed by atoms with van der Waals surface area (Å²) in [6, 6.07) is 12.1. The molecule has 160 valence electrons. The van der Waals surface area contributed by atoms with Crippen LogP contribution in [0.25, 0.3) is 6.08 Å². The first-order chi connectivity index (χ1) is 15.3. The van der Waals surface area contributed by atoms with Crippen molar-refractivity contribution in [2.75, 3.05) is 11.9 Å². The molecule has 1 N–H and O–H groups in total. The fourth-order valence-electron chi connectivity index (χ4n) is 3.37. The van der Waals surface area contributed by atoms with E-state index in [2.05, 4.69) is 10.3 Å². The van der Waals surface area contributed by atoms with Crippen LogP contribution >= 0.6 is 11.6 Å².